The second-order valence-corrected chi connectivity index (χ2v) is 1.74. The van der Waals surface area contributed by atoms with Crippen LogP contribution in [-0.4, -0.2) is 34.3 Å². The van der Waals surface area contributed by atoms with Crippen LogP contribution in [0.3, 0.4) is 0 Å². The van der Waals surface area contributed by atoms with Crippen LogP contribution < -0.4 is 0 Å². The van der Waals surface area contributed by atoms with Crippen LogP contribution in [0.4, 0.5) is 0 Å². The largest absolute Gasteiger partial charge is 2.00 e. The van der Waals surface area contributed by atoms with Gasteiger partial charge in [-0.05, 0) is 12.1 Å². The molecule has 56 valence electrons. The van der Waals surface area contributed by atoms with Gasteiger partial charge in [-0.1, -0.05) is 18.2 Å². The zero-order chi connectivity index (χ0) is 7.40. The monoisotopic (exact) mass is 164 g/mol. The summed E-state index contributed by atoms with van der Waals surface area (Å²) in [6.45, 7) is 0. The van der Waals surface area contributed by atoms with Gasteiger partial charge in [-0.25, -0.2) is 4.79 Å². The van der Waals surface area contributed by atoms with Gasteiger partial charge < -0.3 is 2.85 Å². The van der Waals surface area contributed by atoms with Crippen LogP contribution in [0.1, 0.15) is 13.2 Å². The van der Waals surface area contributed by atoms with Gasteiger partial charge in [-0.15, -0.1) is 0 Å². The third-order valence-corrected chi connectivity index (χ3v) is 1.09. The van der Waals surface area contributed by atoms with E-state index in [4.69, 9.17) is 5.26 Å². The van der Waals surface area contributed by atoms with Crippen molar-refractivity contribution in [3.8, 4) is 0 Å². The van der Waals surface area contributed by atoms with Gasteiger partial charge in [-0.2, -0.15) is 5.26 Å². The summed E-state index contributed by atoms with van der Waals surface area (Å²) in [5, 5.41) is 7.94. The standard InChI is InChI=1S/C7H6O3.Mg.2H/c8-7(10-9)6-4-2-1-3-5-6;;;/h1-5,9H;;;/q;+2;2*-1. The third kappa shape index (κ3) is 2.88. The molecule has 0 amide bonds. The van der Waals surface area contributed by atoms with Crippen molar-refractivity contribution < 1.29 is 17.8 Å². The molecule has 0 saturated carbocycles. The molecule has 0 aliphatic carbocycles. The van der Waals surface area contributed by atoms with E-state index in [0.29, 0.717) is 5.56 Å². The van der Waals surface area contributed by atoms with Gasteiger partial charge in [-0.3, -0.25) is 4.89 Å². The molecule has 0 aliphatic rings. The summed E-state index contributed by atoms with van der Waals surface area (Å²) in [5.41, 5.74) is 0.338. The molecule has 0 aromatic heterocycles. The molecule has 0 bridgehead atoms. The minimum atomic E-state index is -0.736. The average Bonchev–Trinajstić information content (AvgIpc) is 2.05. The van der Waals surface area contributed by atoms with Crippen LogP contribution in [0.15, 0.2) is 30.3 Å². The number of hydrogen-bond donors (Lipinski definition) is 1. The minimum absolute atomic E-state index is 0. The van der Waals surface area contributed by atoms with E-state index >= 15 is 0 Å². The number of rotatable bonds is 1. The molecule has 1 N–H and O–H groups in total. The van der Waals surface area contributed by atoms with Crippen LogP contribution in [0.5, 0.6) is 0 Å². The van der Waals surface area contributed by atoms with Gasteiger partial charge in [0.2, 0.25) is 0 Å². The van der Waals surface area contributed by atoms with Gasteiger partial charge in [0.25, 0.3) is 0 Å². The summed E-state index contributed by atoms with van der Waals surface area (Å²) in [7, 11) is 0. The molecule has 1 rings (SSSR count). The van der Waals surface area contributed by atoms with Gasteiger partial charge >= 0.3 is 29.0 Å². The van der Waals surface area contributed by atoms with E-state index in [9.17, 15) is 4.79 Å². The van der Waals surface area contributed by atoms with E-state index in [1.807, 2.05) is 0 Å². The van der Waals surface area contributed by atoms with Gasteiger partial charge in [0.05, 0.1) is 5.56 Å². The Morgan fingerprint density at radius 2 is 1.91 bits per heavy atom. The fraction of sp³-hybridized carbons (Fsp3) is 0. The van der Waals surface area contributed by atoms with Crippen molar-refractivity contribution in [1.82, 2.24) is 0 Å². The SMILES string of the molecule is O=C(OO)c1ccccc1.[H-].[H-].[Mg+2]. The second-order valence-electron chi connectivity index (χ2n) is 1.74. The molecule has 3 nitrogen and oxygen atoms in total. The Hall–Kier alpha value is -0.584. The van der Waals surface area contributed by atoms with E-state index in [1.165, 1.54) is 0 Å². The number of hydrogen-bond acceptors (Lipinski definition) is 3. The predicted molar refractivity (Wildman–Crippen MR) is 42.5 cm³/mol. The number of carbonyl (C=O) groups is 1. The molecule has 4 heteroatoms. The minimum Gasteiger partial charge on any atom is -1.00 e. The maximum atomic E-state index is 10.5. The fourth-order valence-corrected chi connectivity index (χ4v) is 0.627. The van der Waals surface area contributed by atoms with E-state index in [0.717, 1.165) is 0 Å². The Kier molecular flexibility index (Phi) is 4.85. The van der Waals surface area contributed by atoms with Crippen molar-refractivity contribution in [1.29, 1.82) is 0 Å². The van der Waals surface area contributed by atoms with Gasteiger partial charge in [0.15, 0.2) is 0 Å². The van der Waals surface area contributed by atoms with Crippen LogP contribution in [0.25, 0.3) is 0 Å². The Bertz CT molecular complexity index is 230. The van der Waals surface area contributed by atoms with Gasteiger partial charge in [0.1, 0.15) is 0 Å². The summed E-state index contributed by atoms with van der Waals surface area (Å²) in [6, 6.07) is 8.25. The molecule has 1 aromatic rings. The predicted octanol–water partition coefficient (Wildman–Crippen LogP) is 1.16. The van der Waals surface area contributed by atoms with E-state index in [1.54, 1.807) is 30.3 Å². The molecule has 0 radical (unpaired) electrons. The first-order chi connectivity index (χ1) is 4.84. The van der Waals surface area contributed by atoms with Crippen molar-refractivity contribution in [2.45, 2.75) is 0 Å². The Labute approximate surface area is 83.0 Å². The fourth-order valence-electron chi connectivity index (χ4n) is 0.627. The molecule has 0 saturated heterocycles. The molecule has 0 atom stereocenters. The van der Waals surface area contributed by atoms with Crippen LogP contribution >= 0.6 is 0 Å². The molecule has 0 unspecified atom stereocenters. The van der Waals surface area contributed by atoms with Crippen molar-refractivity contribution in [2.75, 3.05) is 0 Å². The third-order valence-electron chi connectivity index (χ3n) is 1.09. The van der Waals surface area contributed by atoms with E-state index < -0.39 is 5.97 Å². The first-order valence-corrected chi connectivity index (χ1v) is 2.75. The Balaban J connectivity index is -0.000000333. The number of benzene rings is 1. The van der Waals surface area contributed by atoms with Crippen LogP contribution in [0, 0.1) is 0 Å². The van der Waals surface area contributed by atoms with Crippen molar-refractivity contribution >= 4 is 29.0 Å². The molecule has 0 fully saturated rings. The van der Waals surface area contributed by atoms with E-state index in [2.05, 4.69) is 4.89 Å². The average molecular weight is 164 g/mol. The molecule has 0 heterocycles. The van der Waals surface area contributed by atoms with Gasteiger partial charge in [0, 0.05) is 0 Å². The molecule has 0 spiro atoms. The molecular weight excluding hydrogens is 156 g/mol. The molecule has 0 aliphatic heterocycles. The summed E-state index contributed by atoms with van der Waals surface area (Å²) in [6.07, 6.45) is 0. The smallest absolute Gasteiger partial charge is 1.00 e. The molecular formula is C7H8MgO3. The topological polar surface area (TPSA) is 46.5 Å². The maximum Gasteiger partial charge on any atom is 2.00 e. The summed E-state index contributed by atoms with van der Waals surface area (Å²) >= 11 is 0. The maximum absolute atomic E-state index is 10.5. The van der Waals surface area contributed by atoms with Crippen molar-refractivity contribution in [3.05, 3.63) is 35.9 Å². The second kappa shape index (κ2) is 5.12. The first kappa shape index (κ1) is 10.4. The normalized spacial score (nSPS) is 8.09. The van der Waals surface area contributed by atoms with Crippen molar-refractivity contribution in [3.63, 3.8) is 0 Å². The van der Waals surface area contributed by atoms with Crippen LogP contribution in [-0.2, 0) is 4.89 Å². The Morgan fingerprint density at radius 3 is 2.36 bits per heavy atom. The van der Waals surface area contributed by atoms with E-state index in [-0.39, 0.29) is 25.9 Å². The number of carbonyl (C=O) groups excluding carboxylic acids is 1. The Morgan fingerprint density at radius 1 is 1.36 bits per heavy atom. The zero-order valence-electron chi connectivity index (χ0n) is 7.86. The zero-order valence-corrected chi connectivity index (χ0v) is 7.27. The summed E-state index contributed by atoms with van der Waals surface area (Å²) < 4.78 is 0. The summed E-state index contributed by atoms with van der Waals surface area (Å²) in [5.74, 6) is -0.736. The molecule has 11 heavy (non-hydrogen) atoms. The van der Waals surface area contributed by atoms with Crippen molar-refractivity contribution in [2.24, 2.45) is 0 Å². The summed E-state index contributed by atoms with van der Waals surface area (Å²) in [4.78, 5) is 14.0. The first-order valence-electron chi connectivity index (χ1n) is 2.75. The molecule has 1 aromatic carbocycles. The van der Waals surface area contributed by atoms with Crippen LogP contribution in [0.2, 0.25) is 0 Å². The quantitative estimate of drug-likeness (QED) is 0.385.